The molecule has 0 bridgehead atoms. The third-order valence-electron chi connectivity index (χ3n) is 2.21. The summed E-state index contributed by atoms with van der Waals surface area (Å²) in [5.41, 5.74) is 1.60. The molecule has 0 saturated carbocycles. The SMILES string of the molecule is O=C(Nc1cccnc1I)OCc1ccccc1. The molecule has 5 heteroatoms. The number of ether oxygens (including phenoxy) is 1. The third-order valence-corrected chi connectivity index (χ3v) is 3.07. The van der Waals surface area contributed by atoms with Gasteiger partial charge in [0.05, 0.1) is 5.69 Å². The number of rotatable bonds is 3. The summed E-state index contributed by atoms with van der Waals surface area (Å²) in [5, 5.41) is 2.65. The summed E-state index contributed by atoms with van der Waals surface area (Å²) in [6, 6.07) is 13.1. The number of anilines is 1. The second kappa shape index (κ2) is 6.34. The Morgan fingerprint density at radius 1 is 1.22 bits per heavy atom. The summed E-state index contributed by atoms with van der Waals surface area (Å²) in [6.45, 7) is 0.253. The second-order valence-corrected chi connectivity index (χ2v) is 4.55. The lowest BCUT2D eigenvalue weighted by atomic mass is 10.2. The van der Waals surface area contributed by atoms with Gasteiger partial charge in [-0.1, -0.05) is 30.3 Å². The number of pyridine rings is 1. The van der Waals surface area contributed by atoms with Gasteiger partial charge in [0.2, 0.25) is 0 Å². The van der Waals surface area contributed by atoms with Gasteiger partial charge in [-0.05, 0) is 40.3 Å². The predicted molar refractivity (Wildman–Crippen MR) is 77.2 cm³/mol. The minimum Gasteiger partial charge on any atom is -0.444 e. The van der Waals surface area contributed by atoms with Crippen molar-refractivity contribution in [2.24, 2.45) is 0 Å². The van der Waals surface area contributed by atoms with E-state index in [1.807, 2.05) is 30.3 Å². The molecular weight excluding hydrogens is 343 g/mol. The molecule has 0 atom stereocenters. The number of nitrogens with one attached hydrogen (secondary N) is 1. The average molecular weight is 354 g/mol. The van der Waals surface area contributed by atoms with Gasteiger partial charge in [0.25, 0.3) is 0 Å². The van der Waals surface area contributed by atoms with Crippen LogP contribution in [0.1, 0.15) is 5.56 Å². The quantitative estimate of drug-likeness (QED) is 0.679. The summed E-state index contributed by atoms with van der Waals surface area (Å²) in [4.78, 5) is 15.6. The normalized spacial score (nSPS) is 9.83. The van der Waals surface area contributed by atoms with Gasteiger partial charge < -0.3 is 4.74 Å². The summed E-state index contributed by atoms with van der Waals surface area (Å²) >= 11 is 2.05. The van der Waals surface area contributed by atoms with Crippen LogP contribution in [0.15, 0.2) is 48.7 Å². The van der Waals surface area contributed by atoms with Crippen molar-refractivity contribution in [1.82, 2.24) is 4.98 Å². The van der Waals surface area contributed by atoms with Crippen LogP contribution in [0.5, 0.6) is 0 Å². The van der Waals surface area contributed by atoms with Crippen molar-refractivity contribution in [2.45, 2.75) is 6.61 Å². The number of amides is 1. The van der Waals surface area contributed by atoms with Crippen molar-refractivity contribution in [3.63, 3.8) is 0 Å². The molecule has 0 fully saturated rings. The van der Waals surface area contributed by atoms with Gasteiger partial charge in [-0.2, -0.15) is 0 Å². The molecule has 0 radical (unpaired) electrons. The van der Waals surface area contributed by atoms with Crippen LogP contribution in [-0.2, 0) is 11.3 Å². The van der Waals surface area contributed by atoms with Crippen molar-refractivity contribution in [1.29, 1.82) is 0 Å². The second-order valence-electron chi connectivity index (χ2n) is 3.53. The Labute approximate surface area is 119 Å². The maximum atomic E-state index is 11.6. The van der Waals surface area contributed by atoms with Crippen LogP contribution in [-0.4, -0.2) is 11.1 Å². The standard InChI is InChI=1S/C13H11IN2O2/c14-12-11(7-4-8-15-12)16-13(17)18-9-10-5-2-1-3-6-10/h1-8H,9H2,(H,16,17). The average Bonchev–Trinajstić information content (AvgIpc) is 2.40. The van der Waals surface area contributed by atoms with Crippen LogP contribution in [0.4, 0.5) is 10.5 Å². The van der Waals surface area contributed by atoms with E-state index >= 15 is 0 Å². The Balaban J connectivity index is 1.88. The minimum absolute atomic E-state index is 0.253. The summed E-state index contributed by atoms with van der Waals surface area (Å²) in [6.07, 6.45) is 1.19. The predicted octanol–water partition coefficient (Wildman–Crippen LogP) is 3.43. The first kappa shape index (κ1) is 12.8. The van der Waals surface area contributed by atoms with Crippen LogP contribution >= 0.6 is 22.6 Å². The lowest BCUT2D eigenvalue weighted by molar-refractivity contribution is 0.155. The minimum atomic E-state index is -0.482. The molecule has 4 nitrogen and oxygen atoms in total. The number of halogens is 1. The first-order valence-corrected chi connectivity index (χ1v) is 6.42. The van der Waals surface area contributed by atoms with Crippen LogP contribution in [0.2, 0.25) is 0 Å². The highest BCUT2D eigenvalue weighted by molar-refractivity contribution is 14.1. The van der Waals surface area contributed by atoms with E-state index in [9.17, 15) is 4.79 Å². The van der Waals surface area contributed by atoms with Crippen molar-refractivity contribution in [3.8, 4) is 0 Å². The number of carbonyl (C=O) groups excluding carboxylic acids is 1. The van der Waals surface area contributed by atoms with E-state index in [-0.39, 0.29) is 6.61 Å². The van der Waals surface area contributed by atoms with E-state index in [0.29, 0.717) is 5.69 Å². The molecule has 2 aromatic rings. The topological polar surface area (TPSA) is 51.2 Å². The largest absolute Gasteiger partial charge is 0.444 e. The van der Waals surface area contributed by atoms with Gasteiger partial charge in [0.15, 0.2) is 0 Å². The highest BCUT2D eigenvalue weighted by Crippen LogP contribution is 2.14. The Kier molecular flexibility index (Phi) is 4.52. The fraction of sp³-hybridized carbons (Fsp3) is 0.0769. The molecule has 0 spiro atoms. The molecule has 0 aliphatic carbocycles. The fourth-order valence-electron chi connectivity index (χ4n) is 1.35. The molecule has 1 N–H and O–H groups in total. The van der Waals surface area contributed by atoms with Gasteiger partial charge >= 0.3 is 6.09 Å². The van der Waals surface area contributed by atoms with Gasteiger partial charge in [0, 0.05) is 6.20 Å². The molecule has 0 aliphatic rings. The van der Waals surface area contributed by atoms with Crippen LogP contribution in [0, 0.1) is 3.70 Å². The van der Waals surface area contributed by atoms with Crippen LogP contribution < -0.4 is 5.32 Å². The van der Waals surface area contributed by atoms with E-state index < -0.39 is 6.09 Å². The Morgan fingerprint density at radius 2 is 2.00 bits per heavy atom. The highest BCUT2D eigenvalue weighted by Gasteiger charge is 2.06. The van der Waals surface area contributed by atoms with E-state index in [2.05, 4.69) is 32.9 Å². The summed E-state index contributed by atoms with van der Waals surface area (Å²) in [5.74, 6) is 0. The van der Waals surface area contributed by atoms with E-state index in [4.69, 9.17) is 4.74 Å². The van der Waals surface area contributed by atoms with E-state index in [1.54, 1.807) is 18.3 Å². The van der Waals surface area contributed by atoms with Crippen molar-refractivity contribution in [3.05, 3.63) is 57.9 Å². The molecule has 0 aliphatic heterocycles. The van der Waals surface area contributed by atoms with Crippen molar-refractivity contribution < 1.29 is 9.53 Å². The molecule has 18 heavy (non-hydrogen) atoms. The molecule has 1 amide bonds. The van der Waals surface area contributed by atoms with Crippen LogP contribution in [0.25, 0.3) is 0 Å². The van der Waals surface area contributed by atoms with Crippen molar-refractivity contribution >= 4 is 34.4 Å². The number of hydrogen-bond donors (Lipinski definition) is 1. The monoisotopic (exact) mass is 354 g/mol. The lowest BCUT2D eigenvalue weighted by Crippen LogP contribution is -2.14. The van der Waals surface area contributed by atoms with E-state index in [0.717, 1.165) is 9.26 Å². The Hall–Kier alpha value is -1.63. The first-order valence-electron chi connectivity index (χ1n) is 5.34. The summed E-state index contributed by atoms with van der Waals surface area (Å²) < 4.78 is 5.83. The zero-order valence-corrected chi connectivity index (χ0v) is 11.6. The fourth-order valence-corrected chi connectivity index (χ4v) is 1.82. The summed E-state index contributed by atoms with van der Waals surface area (Å²) in [7, 11) is 0. The number of benzene rings is 1. The van der Waals surface area contributed by atoms with Gasteiger partial charge in [-0.15, -0.1) is 0 Å². The molecule has 0 saturated heterocycles. The molecule has 1 aromatic heterocycles. The zero-order chi connectivity index (χ0) is 12.8. The Morgan fingerprint density at radius 3 is 2.72 bits per heavy atom. The number of aromatic nitrogens is 1. The number of nitrogens with zero attached hydrogens (tertiary/aromatic N) is 1. The molecular formula is C13H11IN2O2. The zero-order valence-electron chi connectivity index (χ0n) is 9.47. The van der Waals surface area contributed by atoms with E-state index in [1.165, 1.54) is 0 Å². The van der Waals surface area contributed by atoms with Gasteiger partial charge in [-0.25, -0.2) is 9.78 Å². The maximum absolute atomic E-state index is 11.6. The Bertz CT molecular complexity index is 532. The number of hydrogen-bond acceptors (Lipinski definition) is 3. The molecule has 1 heterocycles. The van der Waals surface area contributed by atoms with Gasteiger partial charge in [0.1, 0.15) is 10.3 Å². The van der Waals surface area contributed by atoms with Gasteiger partial charge in [-0.3, -0.25) is 5.32 Å². The highest BCUT2D eigenvalue weighted by atomic mass is 127. The van der Waals surface area contributed by atoms with Crippen molar-refractivity contribution in [2.75, 3.05) is 5.32 Å². The third kappa shape index (κ3) is 3.69. The lowest BCUT2D eigenvalue weighted by Gasteiger charge is -2.07. The first-order chi connectivity index (χ1) is 8.75. The molecule has 0 unspecified atom stereocenters. The molecule has 1 aromatic carbocycles. The molecule has 92 valence electrons. The number of carbonyl (C=O) groups is 1. The van der Waals surface area contributed by atoms with Crippen LogP contribution in [0.3, 0.4) is 0 Å². The maximum Gasteiger partial charge on any atom is 0.412 e. The molecule has 2 rings (SSSR count). The smallest absolute Gasteiger partial charge is 0.412 e.